The molecule has 240 valence electrons. The molecule has 7 heteroatoms. The van der Waals surface area contributed by atoms with Crippen molar-refractivity contribution in [3.05, 3.63) is 11.3 Å². The summed E-state index contributed by atoms with van der Waals surface area (Å²) in [5.74, 6) is 1.26. The Hall–Kier alpha value is -0.700. The van der Waals surface area contributed by atoms with Crippen LogP contribution in [0.5, 0.6) is 0 Å². The highest BCUT2D eigenvalue weighted by Gasteiger charge is 2.65. The van der Waals surface area contributed by atoms with Crippen molar-refractivity contribution in [3.8, 4) is 0 Å². The van der Waals surface area contributed by atoms with E-state index in [1.807, 2.05) is 0 Å². The van der Waals surface area contributed by atoms with E-state index in [0.717, 1.165) is 24.7 Å². The van der Waals surface area contributed by atoms with E-state index in [4.69, 9.17) is 0 Å². The van der Waals surface area contributed by atoms with Crippen LogP contribution in [0.3, 0.4) is 0 Å². The molecule has 6 rings (SSSR count). The van der Waals surface area contributed by atoms with E-state index in [9.17, 15) is 35.7 Å². The lowest BCUT2D eigenvalue weighted by atomic mass is 9.47. The van der Waals surface area contributed by atoms with Gasteiger partial charge in [0.25, 0.3) is 0 Å². The van der Waals surface area contributed by atoms with Gasteiger partial charge in [0.05, 0.1) is 30.2 Å². The Morgan fingerprint density at radius 1 is 0.762 bits per heavy atom. The van der Waals surface area contributed by atoms with Crippen molar-refractivity contribution < 1.29 is 35.7 Å². The van der Waals surface area contributed by atoms with Gasteiger partial charge < -0.3 is 35.7 Å². The maximum absolute atomic E-state index is 11.8. The fourth-order valence-electron chi connectivity index (χ4n) is 11.6. The van der Waals surface area contributed by atoms with Crippen LogP contribution < -0.4 is 0 Å². The molecule has 7 N–H and O–H groups in total. The third kappa shape index (κ3) is 5.51. The number of aliphatic hydroxyl groups is 7. The van der Waals surface area contributed by atoms with Crippen LogP contribution in [0.4, 0.5) is 0 Å². The molecule has 0 radical (unpaired) electrons. The van der Waals surface area contributed by atoms with Gasteiger partial charge in [-0.1, -0.05) is 70.6 Å². The molecule has 0 aliphatic heterocycles. The van der Waals surface area contributed by atoms with Gasteiger partial charge in [0.2, 0.25) is 0 Å². The second-order valence-corrected chi connectivity index (χ2v) is 15.8. The van der Waals surface area contributed by atoms with Crippen molar-refractivity contribution in [3.63, 3.8) is 0 Å². The first kappa shape index (κ1) is 31.3. The van der Waals surface area contributed by atoms with Crippen LogP contribution in [0, 0.1) is 53.3 Å². The quantitative estimate of drug-likeness (QED) is 0.239. The first-order valence-electron chi connectivity index (χ1n) is 17.7. The lowest BCUT2D eigenvalue weighted by Crippen LogP contribution is -2.70. The number of allylic oxidation sites excluding steroid dienone is 1. The monoisotopic (exact) mass is 590 g/mol. The minimum absolute atomic E-state index is 0.0437. The molecule has 7 nitrogen and oxygen atoms in total. The summed E-state index contributed by atoms with van der Waals surface area (Å²) < 4.78 is 0. The molecule has 0 aromatic carbocycles. The van der Waals surface area contributed by atoms with Crippen molar-refractivity contribution in [1.29, 1.82) is 0 Å². The molecule has 11 unspecified atom stereocenters. The number of rotatable bonds is 6. The van der Waals surface area contributed by atoms with Crippen molar-refractivity contribution >= 4 is 0 Å². The number of hydrogen-bond acceptors (Lipinski definition) is 7. The van der Waals surface area contributed by atoms with Crippen LogP contribution in [-0.4, -0.2) is 71.9 Å². The Labute approximate surface area is 252 Å². The molecular weight excluding hydrogens is 532 g/mol. The van der Waals surface area contributed by atoms with Gasteiger partial charge in [0, 0.05) is 29.7 Å². The van der Waals surface area contributed by atoms with Crippen LogP contribution in [0.2, 0.25) is 0 Å². The normalized spacial score (nSPS) is 49.1. The Bertz CT molecular complexity index is 961. The summed E-state index contributed by atoms with van der Waals surface area (Å²) in [6.07, 6.45) is 13.5. The molecule has 0 amide bonds. The predicted octanol–water partition coefficient (Wildman–Crippen LogP) is 4.61. The van der Waals surface area contributed by atoms with Crippen molar-refractivity contribution in [1.82, 2.24) is 0 Å². The summed E-state index contributed by atoms with van der Waals surface area (Å²) in [6, 6.07) is 0. The third-order valence-corrected chi connectivity index (χ3v) is 13.6. The zero-order valence-corrected chi connectivity index (χ0v) is 25.7. The third-order valence-electron chi connectivity index (χ3n) is 13.6. The summed E-state index contributed by atoms with van der Waals surface area (Å²) in [6.45, 7) is 1.43. The second-order valence-electron chi connectivity index (χ2n) is 15.8. The zero-order valence-electron chi connectivity index (χ0n) is 25.7. The largest absolute Gasteiger partial charge is 0.512 e. The molecule has 0 aromatic heterocycles. The van der Waals surface area contributed by atoms with Gasteiger partial charge in [-0.3, -0.25) is 0 Å². The summed E-state index contributed by atoms with van der Waals surface area (Å²) in [7, 11) is 0. The van der Waals surface area contributed by atoms with Crippen molar-refractivity contribution in [2.45, 2.75) is 152 Å². The Morgan fingerprint density at radius 2 is 1.48 bits per heavy atom. The molecule has 42 heavy (non-hydrogen) atoms. The van der Waals surface area contributed by atoms with Gasteiger partial charge >= 0.3 is 0 Å². The fraction of sp³-hybridized carbons (Fsp3) is 0.943. The zero-order chi connectivity index (χ0) is 29.8. The van der Waals surface area contributed by atoms with Gasteiger partial charge in [-0.25, -0.2) is 0 Å². The second kappa shape index (κ2) is 12.6. The highest BCUT2D eigenvalue weighted by molar-refractivity contribution is 5.30. The van der Waals surface area contributed by atoms with E-state index in [2.05, 4.69) is 0 Å². The molecule has 14 atom stereocenters. The van der Waals surface area contributed by atoms with Gasteiger partial charge in [0.1, 0.15) is 11.7 Å². The van der Waals surface area contributed by atoms with E-state index in [-0.39, 0.29) is 35.5 Å². The van der Waals surface area contributed by atoms with Crippen LogP contribution >= 0.6 is 0 Å². The minimum atomic E-state index is -1.96. The lowest BCUT2D eigenvalue weighted by Gasteiger charge is -2.61. The summed E-state index contributed by atoms with van der Waals surface area (Å²) >= 11 is 0. The average molecular weight is 591 g/mol. The van der Waals surface area contributed by atoms with Gasteiger partial charge in [0.15, 0.2) is 0 Å². The highest BCUT2D eigenvalue weighted by atomic mass is 16.4. The van der Waals surface area contributed by atoms with Crippen molar-refractivity contribution in [2.75, 3.05) is 0 Å². The van der Waals surface area contributed by atoms with Gasteiger partial charge in [-0.15, -0.1) is 0 Å². The molecule has 6 aliphatic carbocycles. The SMILES string of the molecule is CC(O)C1=C(O)C[C@@H]2C[C@@H]3CC4C(C5CCCC(CCCC6CCCCC6)C5)CCC(O)C4C(O)C3C(O)[C@]2(O)C1O. The van der Waals surface area contributed by atoms with E-state index in [0.29, 0.717) is 24.7 Å². The van der Waals surface area contributed by atoms with Crippen LogP contribution in [0.25, 0.3) is 0 Å². The summed E-state index contributed by atoms with van der Waals surface area (Å²) in [4.78, 5) is 0. The maximum atomic E-state index is 11.8. The maximum Gasteiger partial charge on any atom is 0.124 e. The van der Waals surface area contributed by atoms with E-state index in [1.165, 1.54) is 84.0 Å². The topological polar surface area (TPSA) is 142 Å². The van der Waals surface area contributed by atoms with Crippen LogP contribution in [0.15, 0.2) is 11.3 Å². The van der Waals surface area contributed by atoms with Crippen LogP contribution in [0.1, 0.15) is 116 Å². The first-order valence-corrected chi connectivity index (χ1v) is 17.7. The molecule has 0 saturated heterocycles. The molecule has 0 aromatic rings. The van der Waals surface area contributed by atoms with Gasteiger partial charge in [-0.05, 0) is 74.5 Å². The van der Waals surface area contributed by atoms with E-state index in [1.54, 1.807) is 0 Å². The number of fused-ring (bicyclic) bond motifs is 3. The number of hydrogen-bond donors (Lipinski definition) is 7. The molecule has 5 fully saturated rings. The first-order chi connectivity index (χ1) is 20.1. The molecule has 0 heterocycles. The highest BCUT2D eigenvalue weighted by Crippen LogP contribution is 2.59. The minimum Gasteiger partial charge on any atom is -0.512 e. The molecule has 5 saturated carbocycles. The standard InChI is InChI=1S/C35H58O7/c1-19(36)29-28(38)18-24-16-23-17-26-25(22-12-6-11-21(15-22)10-5-9-20-7-3-2-4-8-20)13-14-27(37)31(26)32(39)30(23)34(41)35(24,42)33(29)40/h19-27,30-34,36-42H,2-18H2,1H3/t19?,21?,22?,23-,24+,25?,26?,27?,30?,31?,32?,33?,34?,35-/m1/s1. The Balaban J connectivity index is 1.16. The lowest BCUT2D eigenvalue weighted by molar-refractivity contribution is -0.261. The molecule has 0 bridgehead atoms. The summed E-state index contributed by atoms with van der Waals surface area (Å²) in [5, 5.41) is 78.6. The molecule has 6 aliphatic rings. The number of aliphatic hydroxyl groups excluding tert-OH is 6. The van der Waals surface area contributed by atoms with Crippen molar-refractivity contribution in [2.24, 2.45) is 53.3 Å². The fourth-order valence-corrected chi connectivity index (χ4v) is 11.6. The Kier molecular flexibility index (Phi) is 9.38. The smallest absolute Gasteiger partial charge is 0.124 e. The molecule has 0 spiro atoms. The van der Waals surface area contributed by atoms with E-state index >= 15 is 0 Å². The Morgan fingerprint density at radius 3 is 2.21 bits per heavy atom. The predicted molar refractivity (Wildman–Crippen MR) is 160 cm³/mol. The van der Waals surface area contributed by atoms with E-state index < -0.39 is 48.0 Å². The molecular formula is C35H58O7. The summed E-state index contributed by atoms with van der Waals surface area (Å²) in [5.41, 5.74) is -2.00. The van der Waals surface area contributed by atoms with Crippen LogP contribution in [-0.2, 0) is 0 Å². The average Bonchev–Trinajstić information content (AvgIpc) is 2.95. The van der Waals surface area contributed by atoms with Gasteiger partial charge in [-0.2, -0.15) is 0 Å².